The Hall–Kier alpha value is -1.57. The van der Waals surface area contributed by atoms with Crippen LogP contribution in [0.4, 0.5) is 11.4 Å². The van der Waals surface area contributed by atoms with Crippen LogP contribution in [-0.2, 0) is 0 Å². The number of carbonyl (C=O) groups is 1. The second-order valence-corrected chi connectivity index (χ2v) is 8.15. The first-order valence-corrected chi connectivity index (χ1v) is 10.2. The maximum atomic E-state index is 12.3. The van der Waals surface area contributed by atoms with Gasteiger partial charge >= 0.3 is 0 Å². The molecule has 2 aromatic carbocycles. The number of anilines is 2. The fourth-order valence-electron chi connectivity index (χ4n) is 2.89. The second-order valence-electron chi connectivity index (χ2n) is 6.49. The van der Waals surface area contributed by atoms with Gasteiger partial charge in [-0.2, -0.15) is 0 Å². The third kappa shape index (κ3) is 5.27. The summed E-state index contributed by atoms with van der Waals surface area (Å²) in [6.07, 6.45) is 0. The molecule has 9 heteroatoms. The number of piperazine rings is 1. The second kappa shape index (κ2) is 9.29. The standard InChI is InChI=1S/C19H19Cl3N4OS/c1-25-6-8-26(9-7-25)17-5-3-13(11-16(17)22)23-19(28)24-18(27)14-4-2-12(20)10-15(14)21/h2-5,10-11H,6-9H2,1H3,(H2,23,24,27,28). The van der Waals surface area contributed by atoms with E-state index in [9.17, 15) is 4.79 Å². The van der Waals surface area contributed by atoms with Crippen molar-refractivity contribution in [1.29, 1.82) is 0 Å². The lowest BCUT2D eigenvalue weighted by molar-refractivity contribution is 0.0978. The van der Waals surface area contributed by atoms with E-state index in [1.165, 1.54) is 6.07 Å². The summed E-state index contributed by atoms with van der Waals surface area (Å²) in [6.45, 7) is 3.86. The van der Waals surface area contributed by atoms with Crippen molar-refractivity contribution in [2.45, 2.75) is 0 Å². The van der Waals surface area contributed by atoms with Crippen LogP contribution in [0.3, 0.4) is 0 Å². The SMILES string of the molecule is CN1CCN(c2ccc(NC(=S)NC(=O)c3ccc(Cl)cc3Cl)cc2Cl)CC1. The summed E-state index contributed by atoms with van der Waals surface area (Å²) < 4.78 is 0. The van der Waals surface area contributed by atoms with Gasteiger partial charge in [-0.05, 0) is 55.7 Å². The predicted molar refractivity (Wildman–Crippen MR) is 121 cm³/mol. The van der Waals surface area contributed by atoms with Gasteiger partial charge in [0.15, 0.2) is 5.11 Å². The number of nitrogens with zero attached hydrogens (tertiary/aromatic N) is 2. The Balaban J connectivity index is 1.62. The Morgan fingerprint density at radius 3 is 2.36 bits per heavy atom. The summed E-state index contributed by atoms with van der Waals surface area (Å²) in [6, 6.07) is 10.3. The first-order chi connectivity index (χ1) is 13.3. The molecule has 0 radical (unpaired) electrons. The minimum atomic E-state index is -0.417. The van der Waals surface area contributed by atoms with Crippen molar-refractivity contribution in [1.82, 2.24) is 10.2 Å². The molecule has 1 fully saturated rings. The molecule has 0 spiro atoms. The van der Waals surface area contributed by atoms with Gasteiger partial charge in [0.05, 0.1) is 21.3 Å². The Morgan fingerprint density at radius 2 is 1.71 bits per heavy atom. The van der Waals surface area contributed by atoms with Gasteiger partial charge in [0.25, 0.3) is 5.91 Å². The number of amides is 1. The zero-order chi connectivity index (χ0) is 20.3. The summed E-state index contributed by atoms with van der Waals surface area (Å²) in [7, 11) is 2.11. The minimum absolute atomic E-state index is 0.152. The van der Waals surface area contributed by atoms with Gasteiger partial charge in [-0.1, -0.05) is 34.8 Å². The van der Waals surface area contributed by atoms with Crippen molar-refractivity contribution >= 4 is 69.4 Å². The zero-order valence-corrected chi connectivity index (χ0v) is 18.2. The van der Waals surface area contributed by atoms with E-state index in [1.807, 2.05) is 12.1 Å². The van der Waals surface area contributed by atoms with E-state index in [2.05, 4.69) is 27.5 Å². The summed E-state index contributed by atoms with van der Waals surface area (Å²) in [5.41, 5.74) is 1.97. The highest BCUT2D eigenvalue weighted by atomic mass is 35.5. The molecule has 0 saturated carbocycles. The van der Waals surface area contributed by atoms with Crippen LogP contribution in [0.2, 0.25) is 15.1 Å². The molecule has 1 saturated heterocycles. The van der Waals surface area contributed by atoms with Crippen molar-refractivity contribution < 1.29 is 4.79 Å². The molecule has 0 aromatic heterocycles. The largest absolute Gasteiger partial charge is 0.368 e. The summed E-state index contributed by atoms with van der Waals surface area (Å²) in [5.74, 6) is -0.417. The molecule has 1 aliphatic heterocycles. The number of thiocarbonyl (C=S) groups is 1. The molecular formula is C19H19Cl3N4OS. The van der Waals surface area contributed by atoms with Crippen LogP contribution in [0.15, 0.2) is 36.4 Å². The lowest BCUT2D eigenvalue weighted by Gasteiger charge is -2.34. The number of benzene rings is 2. The number of hydrogen-bond acceptors (Lipinski definition) is 4. The molecule has 0 bridgehead atoms. The average molecular weight is 458 g/mol. The smallest absolute Gasteiger partial charge is 0.258 e. The van der Waals surface area contributed by atoms with E-state index in [0.717, 1.165) is 31.9 Å². The van der Waals surface area contributed by atoms with Crippen LogP contribution < -0.4 is 15.5 Å². The van der Waals surface area contributed by atoms with Crippen LogP contribution in [0.5, 0.6) is 0 Å². The normalized spacial score (nSPS) is 14.6. The van der Waals surface area contributed by atoms with E-state index in [1.54, 1.807) is 18.2 Å². The van der Waals surface area contributed by atoms with Crippen molar-refractivity contribution in [3.05, 3.63) is 57.0 Å². The lowest BCUT2D eigenvalue weighted by atomic mass is 10.2. The molecule has 0 atom stereocenters. The molecule has 0 aliphatic carbocycles. The van der Waals surface area contributed by atoms with Crippen LogP contribution in [0.25, 0.3) is 0 Å². The zero-order valence-electron chi connectivity index (χ0n) is 15.1. The van der Waals surface area contributed by atoms with Gasteiger partial charge in [0.1, 0.15) is 0 Å². The molecule has 2 aromatic rings. The number of carbonyl (C=O) groups excluding carboxylic acids is 1. The fraction of sp³-hybridized carbons (Fsp3) is 0.263. The van der Waals surface area contributed by atoms with Gasteiger partial charge in [0.2, 0.25) is 0 Å². The van der Waals surface area contributed by atoms with E-state index < -0.39 is 5.91 Å². The van der Waals surface area contributed by atoms with Crippen LogP contribution in [-0.4, -0.2) is 49.1 Å². The number of nitrogens with one attached hydrogen (secondary N) is 2. The van der Waals surface area contributed by atoms with Crippen molar-refractivity contribution in [2.24, 2.45) is 0 Å². The Labute approximate surface area is 184 Å². The molecule has 1 amide bonds. The molecule has 1 aliphatic rings. The predicted octanol–water partition coefficient (Wildman–Crippen LogP) is 4.53. The quantitative estimate of drug-likeness (QED) is 0.663. The minimum Gasteiger partial charge on any atom is -0.368 e. The molecule has 5 nitrogen and oxygen atoms in total. The number of hydrogen-bond donors (Lipinski definition) is 2. The van der Waals surface area contributed by atoms with Gasteiger partial charge in [0, 0.05) is 36.9 Å². The monoisotopic (exact) mass is 456 g/mol. The lowest BCUT2D eigenvalue weighted by Crippen LogP contribution is -2.44. The van der Waals surface area contributed by atoms with Crippen LogP contribution >= 0.6 is 47.0 Å². The number of rotatable bonds is 3. The highest BCUT2D eigenvalue weighted by Gasteiger charge is 2.17. The Bertz CT molecular complexity index is 901. The number of likely N-dealkylation sites (N-methyl/N-ethyl adjacent to an activating group) is 1. The van der Waals surface area contributed by atoms with Crippen LogP contribution in [0, 0.1) is 0 Å². The highest BCUT2D eigenvalue weighted by molar-refractivity contribution is 7.80. The van der Waals surface area contributed by atoms with Crippen molar-refractivity contribution in [3.63, 3.8) is 0 Å². The topological polar surface area (TPSA) is 47.6 Å². The molecule has 148 valence electrons. The first-order valence-electron chi connectivity index (χ1n) is 8.64. The van der Waals surface area contributed by atoms with Gasteiger partial charge in [-0.3, -0.25) is 10.1 Å². The van der Waals surface area contributed by atoms with E-state index in [4.69, 9.17) is 47.0 Å². The molecule has 3 rings (SSSR count). The summed E-state index contributed by atoms with van der Waals surface area (Å²) in [4.78, 5) is 16.9. The van der Waals surface area contributed by atoms with Gasteiger partial charge < -0.3 is 15.1 Å². The van der Waals surface area contributed by atoms with E-state index in [0.29, 0.717) is 21.3 Å². The van der Waals surface area contributed by atoms with Gasteiger partial charge in [-0.15, -0.1) is 0 Å². The van der Waals surface area contributed by atoms with E-state index >= 15 is 0 Å². The van der Waals surface area contributed by atoms with E-state index in [-0.39, 0.29) is 10.1 Å². The first kappa shape index (κ1) is 21.1. The Morgan fingerprint density at radius 1 is 1.00 bits per heavy atom. The molecule has 28 heavy (non-hydrogen) atoms. The van der Waals surface area contributed by atoms with Crippen LogP contribution in [0.1, 0.15) is 10.4 Å². The molecule has 0 unspecified atom stereocenters. The number of halogens is 3. The maximum Gasteiger partial charge on any atom is 0.258 e. The highest BCUT2D eigenvalue weighted by Crippen LogP contribution is 2.29. The maximum absolute atomic E-state index is 12.3. The fourth-order valence-corrected chi connectivity index (χ4v) is 3.90. The third-order valence-corrected chi connectivity index (χ3v) is 5.51. The van der Waals surface area contributed by atoms with Crippen molar-refractivity contribution in [2.75, 3.05) is 43.4 Å². The third-order valence-electron chi connectivity index (χ3n) is 4.45. The molecular weight excluding hydrogens is 439 g/mol. The average Bonchev–Trinajstić information content (AvgIpc) is 2.62. The Kier molecular flexibility index (Phi) is 7.01. The molecule has 1 heterocycles. The van der Waals surface area contributed by atoms with Crippen molar-refractivity contribution in [3.8, 4) is 0 Å². The summed E-state index contributed by atoms with van der Waals surface area (Å²) >= 11 is 23.6. The molecule has 2 N–H and O–H groups in total. The summed E-state index contributed by atoms with van der Waals surface area (Å²) in [5, 5.41) is 7.07. The van der Waals surface area contributed by atoms with Gasteiger partial charge in [-0.25, -0.2) is 0 Å².